The molecule has 3 rings (SSSR count). The molecule has 2 aromatic carbocycles. The number of anilines is 2. The van der Waals surface area contributed by atoms with E-state index < -0.39 is 11.8 Å². The number of rotatable bonds is 6. The minimum absolute atomic E-state index is 0.0766. The van der Waals surface area contributed by atoms with Crippen LogP contribution in [0.15, 0.2) is 41.0 Å². The molecule has 0 aliphatic rings. The van der Waals surface area contributed by atoms with Gasteiger partial charge in [-0.1, -0.05) is 17.7 Å². The Labute approximate surface area is 174 Å². The molecule has 8 heteroatoms. The average molecular weight is 468 g/mol. The fourth-order valence-corrected chi connectivity index (χ4v) is 3.32. The molecule has 0 aliphatic carbocycles. The zero-order valence-electron chi connectivity index (χ0n) is 15.2. The van der Waals surface area contributed by atoms with E-state index >= 15 is 0 Å². The van der Waals surface area contributed by atoms with E-state index in [-0.39, 0.29) is 17.2 Å². The number of aromatic nitrogens is 1. The second-order valence-electron chi connectivity index (χ2n) is 5.73. The number of benzene rings is 2. The number of nitrogens with zero attached hydrogens (tertiary/aromatic N) is 1. The Balaban J connectivity index is 2.22. The SMILES string of the molecule is CCOC(=O)c1cnc2cc(OCC)c(Br)cc2c1Nc1cccc(F)c1Cl. The van der Waals surface area contributed by atoms with E-state index in [1.807, 2.05) is 6.92 Å². The lowest BCUT2D eigenvalue weighted by molar-refractivity contribution is 0.0527. The molecule has 0 bridgehead atoms. The summed E-state index contributed by atoms with van der Waals surface area (Å²) in [5, 5.41) is 3.62. The second-order valence-corrected chi connectivity index (χ2v) is 6.96. The molecule has 0 radical (unpaired) electrons. The standard InChI is InChI=1S/C20H17BrClFN2O3/c1-3-27-17-9-16-11(8-13(17)21)19(12(10-24-16)20(26)28-4-2)25-15-7-5-6-14(23)18(15)22/h5-10H,3-4H2,1-2H3,(H,24,25). The lowest BCUT2D eigenvalue weighted by atomic mass is 10.1. The van der Waals surface area contributed by atoms with Crippen molar-refractivity contribution < 1.29 is 18.7 Å². The fourth-order valence-electron chi connectivity index (χ4n) is 2.69. The molecule has 5 nitrogen and oxygen atoms in total. The van der Waals surface area contributed by atoms with Gasteiger partial charge in [0.15, 0.2) is 0 Å². The minimum atomic E-state index is -0.567. The highest BCUT2D eigenvalue weighted by Gasteiger charge is 2.20. The van der Waals surface area contributed by atoms with E-state index in [9.17, 15) is 9.18 Å². The van der Waals surface area contributed by atoms with Gasteiger partial charge < -0.3 is 14.8 Å². The van der Waals surface area contributed by atoms with Crippen LogP contribution in [0.5, 0.6) is 5.75 Å². The first-order valence-electron chi connectivity index (χ1n) is 8.59. The molecule has 0 atom stereocenters. The number of hydrogen-bond acceptors (Lipinski definition) is 5. The first-order chi connectivity index (χ1) is 13.5. The topological polar surface area (TPSA) is 60.5 Å². The summed E-state index contributed by atoms with van der Waals surface area (Å²) in [6.45, 7) is 4.31. The normalized spacial score (nSPS) is 10.8. The molecule has 0 unspecified atom stereocenters. The minimum Gasteiger partial charge on any atom is -0.493 e. The van der Waals surface area contributed by atoms with Crippen molar-refractivity contribution in [3.63, 3.8) is 0 Å². The van der Waals surface area contributed by atoms with Crippen LogP contribution in [0, 0.1) is 5.82 Å². The van der Waals surface area contributed by atoms with Crippen molar-refractivity contribution in [2.75, 3.05) is 18.5 Å². The summed E-state index contributed by atoms with van der Waals surface area (Å²) < 4.78 is 25.3. The molecule has 28 heavy (non-hydrogen) atoms. The first kappa shape index (κ1) is 20.4. The number of nitrogens with one attached hydrogen (secondary N) is 1. The van der Waals surface area contributed by atoms with Crippen LogP contribution in [0.4, 0.5) is 15.8 Å². The smallest absolute Gasteiger partial charge is 0.341 e. The van der Waals surface area contributed by atoms with E-state index in [1.165, 1.54) is 18.3 Å². The maximum absolute atomic E-state index is 13.9. The van der Waals surface area contributed by atoms with Crippen LogP contribution in [-0.2, 0) is 4.74 Å². The summed E-state index contributed by atoms with van der Waals surface area (Å²) in [4.78, 5) is 16.8. The van der Waals surface area contributed by atoms with Crippen molar-refractivity contribution in [1.29, 1.82) is 0 Å². The Hall–Kier alpha value is -2.38. The number of halogens is 3. The van der Waals surface area contributed by atoms with Crippen LogP contribution >= 0.6 is 27.5 Å². The lowest BCUT2D eigenvalue weighted by Crippen LogP contribution is -2.09. The zero-order chi connectivity index (χ0) is 20.3. The van der Waals surface area contributed by atoms with Crippen LogP contribution in [0.3, 0.4) is 0 Å². The summed E-state index contributed by atoms with van der Waals surface area (Å²) in [5.74, 6) is -0.486. The second kappa shape index (κ2) is 8.75. The average Bonchev–Trinajstić information content (AvgIpc) is 2.67. The molecule has 0 aliphatic heterocycles. The van der Waals surface area contributed by atoms with E-state index in [0.717, 1.165) is 0 Å². The van der Waals surface area contributed by atoms with Crippen LogP contribution in [-0.4, -0.2) is 24.2 Å². The van der Waals surface area contributed by atoms with Crippen LogP contribution < -0.4 is 10.1 Å². The van der Waals surface area contributed by atoms with Gasteiger partial charge in [0.2, 0.25) is 0 Å². The molecular weight excluding hydrogens is 451 g/mol. The summed E-state index contributed by atoms with van der Waals surface area (Å²) in [6, 6.07) is 7.95. The Morgan fingerprint density at radius 3 is 2.79 bits per heavy atom. The molecule has 0 spiro atoms. The predicted octanol–water partition coefficient (Wildman–Crippen LogP) is 6.11. The third-order valence-corrected chi connectivity index (χ3v) is 4.93. The maximum Gasteiger partial charge on any atom is 0.341 e. The number of ether oxygens (including phenoxy) is 2. The monoisotopic (exact) mass is 466 g/mol. The van der Waals surface area contributed by atoms with Gasteiger partial charge in [0, 0.05) is 17.6 Å². The van der Waals surface area contributed by atoms with Gasteiger partial charge in [-0.15, -0.1) is 0 Å². The zero-order valence-corrected chi connectivity index (χ0v) is 17.5. The van der Waals surface area contributed by atoms with Gasteiger partial charge in [0.25, 0.3) is 0 Å². The van der Waals surface area contributed by atoms with E-state index in [4.69, 9.17) is 21.1 Å². The predicted molar refractivity (Wildman–Crippen MR) is 111 cm³/mol. The molecule has 0 saturated heterocycles. The van der Waals surface area contributed by atoms with Gasteiger partial charge in [0.1, 0.15) is 17.1 Å². The summed E-state index contributed by atoms with van der Waals surface area (Å²) in [6.07, 6.45) is 1.42. The maximum atomic E-state index is 13.9. The number of hydrogen-bond donors (Lipinski definition) is 1. The molecule has 0 amide bonds. The largest absolute Gasteiger partial charge is 0.493 e. The van der Waals surface area contributed by atoms with Crippen molar-refractivity contribution in [3.8, 4) is 5.75 Å². The molecular formula is C20H17BrClFN2O3. The Bertz CT molecular complexity index is 1050. The summed E-state index contributed by atoms with van der Waals surface area (Å²) in [5.41, 5.74) is 1.55. The van der Waals surface area contributed by atoms with Crippen LogP contribution in [0.25, 0.3) is 10.9 Å². The van der Waals surface area contributed by atoms with Crippen LogP contribution in [0.2, 0.25) is 5.02 Å². The molecule has 146 valence electrons. The molecule has 1 N–H and O–H groups in total. The highest BCUT2D eigenvalue weighted by atomic mass is 79.9. The van der Waals surface area contributed by atoms with Crippen molar-refractivity contribution in [2.24, 2.45) is 0 Å². The Morgan fingerprint density at radius 1 is 1.29 bits per heavy atom. The highest BCUT2D eigenvalue weighted by Crippen LogP contribution is 2.37. The molecule has 1 aromatic heterocycles. The van der Waals surface area contributed by atoms with Gasteiger partial charge >= 0.3 is 5.97 Å². The van der Waals surface area contributed by atoms with Gasteiger partial charge in [-0.25, -0.2) is 9.18 Å². The van der Waals surface area contributed by atoms with Gasteiger partial charge in [-0.05, 0) is 48.0 Å². The highest BCUT2D eigenvalue weighted by molar-refractivity contribution is 9.10. The van der Waals surface area contributed by atoms with Gasteiger partial charge in [-0.2, -0.15) is 0 Å². The number of fused-ring (bicyclic) bond motifs is 1. The van der Waals surface area contributed by atoms with Crippen LogP contribution in [0.1, 0.15) is 24.2 Å². The number of esters is 1. The third kappa shape index (κ3) is 4.05. The van der Waals surface area contributed by atoms with E-state index in [1.54, 1.807) is 25.1 Å². The third-order valence-electron chi connectivity index (χ3n) is 3.93. The number of carbonyl (C=O) groups excluding carboxylic acids is 1. The van der Waals surface area contributed by atoms with E-state index in [2.05, 4.69) is 26.2 Å². The molecule has 0 saturated carbocycles. The van der Waals surface area contributed by atoms with Gasteiger partial charge in [-0.3, -0.25) is 4.98 Å². The quantitative estimate of drug-likeness (QED) is 0.443. The molecule has 0 fully saturated rings. The van der Waals surface area contributed by atoms with E-state index in [0.29, 0.717) is 39.1 Å². The van der Waals surface area contributed by atoms with Crippen molar-refractivity contribution in [2.45, 2.75) is 13.8 Å². The lowest BCUT2D eigenvalue weighted by Gasteiger charge is -2.16. The molecule has 3 aromatic rings. The molecule has 1 heterocycles. The van der Waals surface area contributed by atoms with Crippen molar-refractivity contribution >= 4 is 55.8 Å². The number of pyridine rings is 1. The first-order valence-corrected chi connectivity index (χ1v) is 9.76. The summed E-state index contributed by atoms with van der Waals surface area (Å²) in [7, 11) is 0. The Kier molecular flexibility index (Phi) is 6.36. The number of carbonyl (C=O) groups is 1. The Morgan fingerprint density at radius 2 is 2.07 bits per heavy atom. The van der Waals surface area contributed by atoms with Crippen molar-refractivity contribution in [1.82, 2.24) is 4.98 Å². The van der Waals surface area contributed by atoms with Crippen molar-refractivity contribution in [3.05, 3.63) is 57.4 Å². The fraction of sp³-hybridized carbons (Fsp3) is 0.200. The summed E-state index contributed by atoms with van der Waals surface area (Å²) >= 11 is 9.56. The van der Waals surface area contributed by atoms with Gasteiger partial charge in [0.05, 0.1) is 39.6 Å².